The minimum absolute atomic E-state index is 0.0167. The van der Waals surface area contributed by atoms with Gasteiger partial charge in [0.25, 0.3) is 0 Å². The Morgan fingerprint density at radius 2 is 1.29 bits per heavy atom. The molecule has 0 atom stereocenters. The fraction of sp³-hybridized carbons (Fsp3) is 1.00. The van der Waals surface area contributed by atoms with E-state index < -0.39 is 7.82 Å². The van der Waals surface area contributed by atoms with E-state index in [9.17, 15) is 4.57 Å². The van der Waals surface area contributed by atoms with Crippen molar-refractivity contribution in [1.29, 1.82) is 0 Å². The Morgan fingerprint density at radius 3 is 1.81 bits per heavy atom. The SMILES string of the molecule is CCCCCCCCCCCCOCCOOP(=O)(O)O. The molecule has 0 rings (SSSR count). The van der Waals surface area contributed by atoms with Crippen LogP contribution in [0.2, 0.25) is 0 Å². The molecule has 0 aromatic rings. The van der Waals surface area contributed by atoms with Crippen LogP contribution in [0.25, 0.3) is 0 Å². The maximum absolute atomic E-state index is 10.3. The molecule has 2 N–H and O–H groups in total. The van der Waals surface area contributed by atoms with Crippen molar-refractivity contribution in [3.63, 3.8) is 0 Å². The van der Waals surface area contributed by atoms with Gasteiger partial charge in [-0.1, -0.05) is 64.7 Å². The molecule has 6 nitrogen and oxygen atoms in total. The van der Waals surface area contributed by atoms with E-state index in [1.807, 2.05) is 0 Å². The number of ether oxygens (including phenoxy) is 1. The maximum Gasteiger partial charge on any atom is 0.496 e. The molecule has 0 aliphatic rings. The van der Waals surface area contributed by atoms with Crippen LogP contribution in [0.4, 0.5) is 0 Å². The summed E-state index contributed by atoms with van der Waals surface area (Å²) in [5.41, 5.74) is 0. The third kappa shape index (κ3) is 20.0. The van der Waals surface area contributed by atoms with Gasteiger partial charge >= 0.3 is 7.82 Å². The van der Waals surface area contributed by atoms with Crippen LogP contribution >= 0.6 is 7.82 Å². The van der Waals surface area contributed by atoms with Gasteiger partial charge in [0, 0.05) is 6.61 Å². The molecule has 128 valence electrons. The highest BCUT2D eigenvalue weighted by molar-refractivity contribution is 7.46. The summed E-state index contributed by atoms with van der Waals surface area (Å²) in [4.78, 5) is 21.0. The molecule has 0 saturated heterocycles. The number of phosphoric acid groups is 1. The van der Waals surface area contributed by atoms with Crippen LogP contribution in [0.5, 0.6) is 0 Å². The van der Waals surface area contributed by atoms with Crippen LogP contribution in [-0.2, 0) is 18.9 Å². The summed E-state index contributed by atoms with van der Waals surface area (Å²) < 4.78 is 19.4. The first-order valence-corrected chi connectivity index (χ1v) is 9.54. The number of rotatable bonds is 16. The van der Waals surface area contributed by atoms with E-state index in [0.29, 0.717) is 6.61 Å². The first-order chi connectivity index (χ1) is 10.1. The molecule has 7 heteroatoms. The van der Waals surface area contributed by atoms with E-state index in [2.05, 4.69) is 16.5 Å². The van der Waals surface area contributed by atoms with Crippen molar-refractivity contribution in [2.24, 2.45) is 0 Å². The Balaban J connectivity index is 3.01. The van der Waals surface area contributed by atoms with Gasteiger partial charge in [0.15, 0.2) is 0 Å². The van der Waals surface area contributed by atoms with Crippen molar-refractivity contribution in [2.45, 2.75) is 71.1 Å². The van der Waals surface area contributed by atoms with E-state index in [1.165, 1.54) is 51.4 Å². The van der Waals surface area contributed by atoms with Crippen molar-refractivity contribution in [3.8, 4) is 0 Å². The topological polar surface area (TPSA) is 85.2 Å². The van der Waals surface area contributed by atoms with Crippen LogP contribution in [0, 0.1) is 0 Å². The molecule has 0 spiro atoms. The van der Waals surface area contributed by atoms with Crippen molar-refractivity contribution >= 4 is 7.82 Å². The molecule has 0 aromatic carbocycles. The van der Waals surface area contributed by atoms with Crippen LogP contribution < -0.4 is 0 Å². The summed E-state index contributed by atoms with van der Waals surface area (Å²) in [5.74, 6) is 0. The monoisotopic (exact) mass is 326 g/mol. The van der Waals surface area contributed by atoms with Gasteiger partial charge in [0.05, 0.1) is 6.61 Å². The lowest BCUT2D eigenvalue weighted by Gasteiger charge is -2.06. The van der Waals surface area contributed by atoms with Crippen molar-refractivity contribution in [2.75, 3.05) is 19.8 Å². The average Bonchev–Trinajstić information content (AvgIpc) is 2.42. The number of unbranched alkanes of at least 4 members (excludes halogenated alkanes) is 9. The van der Waals surface area contributed by atoms with Crippen LogP contribution in [0.3, 0.4) is 0 Å². The molecule has 0 radical (unpaired) electrons. The van der Waals surface area contributed by atoms with Gasteiger partial charge < -0.3 is 14.5 Å². The lowest BCUT2D eigenvalue weighted by Crippen LogP contribution is -2.05. The average molecular weight is 326 g/mol. The summed E-state index contributed by atoms with van der Waals surface area (Å²) >= 11 is 0. The van der Waals surface area contributed by atoms with Gasteiger partial charge in [-0.2, -0.15) is 0 Å². The molecule has 0 aromatic heterocycles. The molecule has 0 unspecified atom stereocenters. The molecule has 0 saturated carbocycles. The van der Waals surface area contributed by atoms with Crippen molar-refractivity contribution in [1.82, 2.24) is 0 Å². The zero-order chi connectivity index (χ0) is 15.8. The van der Waals surface area contributed by atoms with E-state index in [0.717, 1.165) is 12.8 Å². The smallest absolute Gasteiger partial charge is 0.379 e. The fourth-order valence-corrected chi connectivity index (χ4v) is 2.20. The Labute approximate surface area is 128 Å². The standard InChI is InChI=1S/C14H31O6P/c1-2-3-4-5-6-7-8-9-10-11-12-18-13-14-19-20-21(15,16)17/h2-14H2,1H3,(H2,15,16,17). The minimum Gasteiger partial charge on any atom is -0.379 e. The van der Waals surface area contributed by atoms with E-state index in [-0.39, 0.29) is 13.2 Å². The molecule has 0 amide bonds. The van der Waals surface area contributed by atoms with E-state index in [1.54, 1.807) is 0 Å². The number of hydrogen-bond acceptors (Lipinski definition) is 4. The zero-order valence-electron chi connectivity index (χ0n) is 13.2. The minimum atomic E-state index is -4.53. The fourth-order valence-electron chi connectivity index (χ4n) is 1.99. The van der Waals surface area contributed by atoms with Gasteiger partial charge in [-0.3, -0.25) is 0 Å². The molecule has 0 aliphatic heterocycles. The molecule has 0 heterocycles. The van der Waals surface area contributed by atoms with Gasteiger partial charge in [-0.25, -0.2) is 9.45 Å². The van der Waals surface area contributed by atoms with Crippen LogP contribution in [0.15, 0.2) is 0 Å². The highest BCUT2D eigenvalue weighted by Gasteiger charge is 2.14. The summed E-state index contributed by atoms with van der Waals surface area (Å²) in [5, 5.41) is 0. The predicted molar refractivity (Wildman–Crippen MR) is 81.7 cm³/mol. The van der Waals surface area contributed by atoms with Gasteiger partial charge in [-0.15, -0.1) is 4.67 Å². The predicted octanol–water partition coefficient (Wildman–Crippen LogP) is 3.96. The highest BCUT2D eigenvalue weighted by Crippen LogP contribution is 2.35. The summed E-state index contributed by atoms with van der Waals surface area (Å²) in [6, 6.07) is 0. The highest BCUT2D eigenvalue weighted by atomic mass is 31.2. The Hall–Kier alpha value is 0.0300. The third-order valence-corrected chi connectivity index (χ3v) is 3.40. The quantitative estimate of drug-likeness (QED) is 0.193. The molecular formula is C14H31O6P. The van der Waals surface area contributed by atoms with Gasteiger partial charge in [-0.05, 0) is 6.42 Å². The lowest BCUT2D eigenvalue weighted by atomic mass is 10.1. The second-order valence-electron chi connectivity index (χ2n) is 5.18. The second-order valence-corrected chi connectivity index (χ2v) is 6.31. The number of hydrogen-bond donors (Lipinski definition) is 2. The Kier molecular flexibility index (Phi) is 15.0. The maximum atomic E-state index is 10.3. The van der Waals surface area contributed by atoms with Gasteiger partial charge in [0.1, 0.15) is 6.61 Å². The van der Waals surface area contributed by atoms with Crippen LogP contribution in [-0.4, -0.2) is 29.6 Å². The van der Waals surface area contributed by atoms with E-state index in [4.69, 9.17) is 14.5 Å². The van der Waals surface area contributed by atoms with E-state index >= 15 is 0 Å². The van der Waals surface area contributed by atoms with Crippen LogP contribution in [0.1, 0.15) is 71.1 Å². The second kappa shape index (κ2) is 14.9. The third-order valence-electron chi connectivity index (χ3n) is 3.10. The molecular weight excluding hydrogens is 295 g/mol. The Morgan fingerprint density at radius 1 is 0.762 bits per heavy atom. The normalized spacial score (nSPS) is 12.0. The molecule has 0 aliphatic carbocycles. The zero-order valence-corrected chi connectivity index (χ0v) is 14.1. The van der Waals surface area contributed by atoms with Crippen molar-refractivity contribution in [3.05, 3.63) is 0 Å². The van der Waals surface area contributed by atoms with Gasteiger partial charge in [0.2, 0.25) is 0 Å². The summed E-state index contributed by atoms with van der Waals surface area (Å²) in [6.45, 7) is 3.18. The first kappa shape index (κ1) is 21.0. The molecule has 0 bridgehead atoms. The lowest BCUT2D eigenvalue weighted by molar-refractivity contribution is -0.229. The molecule has 0 fully saturated rings. The summed E-state index contributed by atoms with van der Waals surface area (Å²) in [6.07, 6.45) is 12.8. The largest absolute Gasteiger partial charge is 0.496 e. The summed E-state index contributed by atoms with van der Waals surface area (Å²) in [7, 11) is -4.53. The van der Waals surface area contributed by atoms with Crippen molar-refractivity contribution < 1.29 is 28.7 Å². The molecule has 21 heavy (non-hydrogen) atoms. The first-order valence-electron chi connectivity index (χ1n) is 8.00. The Bertz CT molecular complexity index is 256.